The third-order valence-corrected chi connectivity index (χ3v) is 7.99. The summed E-state index contributed by atoms with van der Waals surface area (Å²) in [6.45, 7) is 4.17. The van der Waals surface area contributed by atoms with E-state index in [9.17, 15) is 20.1 Å². The van der Waals surface area contributed by atoms with E-state index in [1.54, 1.807) is 6.08 Å². The zero-order valence-corrected chi connectivity index (χ0v) is 27.2. The van der Waals surface area contributed by atoms with Crippen LogP contribution in [0.2, 0.25) is 0 Å². The molecule has 0 aliphatic carbocycles. The summed E-state index contributed by atoms with van der Waals surface area (Å²) in [5.74, 6) is -0.327. The Bertz CT molecular complexity index is 606. The summed E-state index contributed by atoms with van der Waals surface area (Å²) in [7, 11) is 0. The molecule has 4 N–H and O–H groups in total. The Kier molecular flexibility index (Phi) is 30.9. The van der Waals surface area contributed by atoms with Gasteiger partial charge in [0.2, 0.25) is 5.91 Å². The van der Waals surface area contributed by atoms with Crippen molar-refractivity contribution < 1.29 is 20.1 Å². The van der Waals surface area contributed by atoms with Crippen molar-refractivity contribution in [3.8, 4) is 0 Å². The molecule has 0 aromatic heterocycles. The molecule has 0 aliphatic rings. The van der Waals surface area contributed by atoms with E-state index in [1.165, 1.54) is 116 Å². The highest BCUT2D eigenvalue weighted by molar-refractivity contribution is 5.76. The van der Waals surface area contributed by atoms with Crippen molar-refractivity contribution in [3.63, 3.8) is 0 Å². The van der Waals surface area contributed by atoms with E-state index in [0.29, 0.717) is 6.42 Å². The zero-order chi connectivity index (χ0) is 30.2. The first-order chi connectivity index (χ1) is 20.0. The maximum absolute atomic E-state index is 12.3. The number of aliphatic hydroxyl groups is 3. The molecular formula is C36H69NO4. The van der Waals surface area contributed by atoms with Crippen LogP contribution in [-0.4, -0.2) is 46.1 Å². The quantitative estimate of drug-likeness (QED) is 0.0487. The number of unbranched alkanes of at least 4 members (excludes halogenated alkanes) is 20. The maximum Gasteiger partial charge on any atom is 0.222 e. The van der Waals surface area contributed by atoms with Crippen molar-refractivity contribution in [1.82, 2.24) is 5.32 Å². The number of hydrogen-bond acceptors (Lipinski definition) is 4. The number of allylic oxidation sites excluding steroid dienone is 3. The third-order valence-electron chi connectivity index (χ3n) is 7.99. The number of carbonyl (C=O) groups is 1. The van der Waals surface area contributed by atoms with Gasteiger partial charge < -0.3 is 20.6 Å². The van der Waals surface area contributed by atoms with E-state index in [1.807, 2.05) is 6.08 Å². The molecule has 41 heavy (non-hydrogen) atoms. The third kappa shape index (κ3) is 28.7. The molecular weight excluding hydrogens is 510 g/mol. The Morgan fingerprint density at radius 2 is 1.05 bits per heavy atom. The maximum atomic E-state index is 12.3. The standard InChI is InChI=1S/C36H69NO4/c1-3-5-7-9-11-13-15-17-19-21-23-25-27-29-33(39)31-36(41)37-34(32-38)35(40)30-28-26-24-22-20-18-16-14-12-10-8-6-4-2/h20,22,28,30,33-35,38-40H,3-19,21,23-27,29,31-32H2,1-2H3,(H,37,41)/b22-20+,30-28+. The van der Waals surface area contributed by atoms with Crippen LogP contribution in [-0.2, 0) is 4.79 Å². The van der Waals surface area contributed by atoms with Gasteiger partial charge in [0.1, 0.15) is 0 Å². The number of carbonyl (C=O) groups excluding carboxylic acids is 1. The lowest BCUT2D eigenvalue weighted by Crippen LogP contribution is -2.45. The van der Waals surface area contributed by atoms with E-state index in [4.69, 9.17) is 0 Å². The highest BCUT2D eigenvalue weighted by atomic mass is 16.3. The summed E-state index contributed by atoms with van der Waals surface area (Å²) < 4.78 is 0. The van der Waals surface area contributed by atoms with Gasteiger partial charge in [-0.25, -0.2) is 0 Å². The van der Waals surface area contributed by atoms with E-state index >= 15 is 0 Å². The van der Waals surface area contributed by atoms with Gasteiger partial charge in [0.05, 0.1) is 31.3 Å². The SMILES string of the molecule is CCCCCCCCC/C=C/CC/C=C/C(O)C(CO)NC(=O)CC(O)CCCCCCCCCCCCCCC. The van der Waals surface area contributed by atoms with Crippen LogP contribution in [0.4, 0.5) is 0 Å². The first-order valence-corrected chi connectivity index (χ1v) is 17.6. The Morgan fingerprint density at radius 1 is 0.610 bits per heavy atom. The normalized spacial score (nSPS) is 14.2. The zero-order valence-electron chi connectivity index (χ0n) is 27.2. The van der Waals surface area contributed by atoms with Crippen molar-refractivity contribution in [1.29, 1.82) is 0 Å². The van der Waals surface area contributed by atoms with Crippen molar-refractivity contribution in [3.05, 3.63) is 24.3 Å². The average Bonchev–Trinajstić information content (AvgIpc) is 2.96. The van der Waals surface area contributed by atoms with Crippen LogP contribution in [0.5, 0.6) is 0 Å². The molecule has 242 valence electrons. The Morgan fingerprint density at radius 3 is 1.56 bits per heavy atom. The second-order valence-corrected chi connectivity index (χ2v) is 12.1. The largest absolute Gasteiger partial charge is 0.394 e. The summed E-state index contributed by atoms with van der Waals surface area (Å²) in [5.41, 5.74) is 0. The molecule has 0 fully saturated rings. The van der Waals surface area contributed by atoms with Gasteiger partial charge in [-0.1, -0.05) is 160 Å². The van der Waals surface area contributed by atoms with Gasteiger partial charge >= 0.3 is 0 Å². The minimum absolute atomic E-state index is 0.00866. The summed E-state index contributed by atoms with van der Waals surface area (Å²) >= 11 is 0. The summed E-state index contributed by atoms with van der Waals surface area (Å²) in [5, 5.41) is 32.9. The molecule has 0 saturated carbocycles. The second-order valence-electron chi connectivity index (χ2n) is 12.1. The Labute approximate surface area is 254 Å². The molecule has 0 spiro atoms. The lowest BCUT2D eigenvalue weighted by atomic mass is 10.0. The molecule has 3 atom stereocenters. The minimum atomic E-state index is -0.946. The molecule has 1 amide bonds. The molecule has 0 heterocycles. The fourth-order valence-corrected chi connectivity index (χ4v) is 5.24. The first-order valence-electron chi connectivity index (χ1n) is 17.6. The summed E-state index contributed by atoms with van der Waals surface area (Å²) in [4.78, 5) is 12.3. The van der Waals surface area contributed by atoms with Gasteiger partial charge in [-0.3, -0.25) is 4.79 Å². The first kappa shape index (κ1) is 39.8. The lowest BCUT2D eigenvalue weighted by molar-refractivity contribution is -0.124. The number of amides is 1. The van der Waals surface area contributed by atoms with Gasteiger partial charge in [0.25, 0.3) is 0 Å². The number of hydrogen-bond donors (Lipinski definition) is 4. The molecule has 5 heteroatoms. The second kappa shape index (κ2) is 31.8. The summed E-state index contributed by atoms with van der Waals surface area (Å²) in [6.07, 6.45) is 35.8. The van der Waals surface area contributed by atoms with Crippen LogP contribution < -0.4 is 5.32 Å². The summed E-state index contributed by atoms with van der Waals surface area (Å²) in [6, 6.07) is -0.754. The van der Waals surface area contributed by atoms with Crippen LogP contribution >= 0.6 is 0 Å². The van der Waals surface area contributed by atoms with Gasteiger partial charge in [0.15, 0.2) is 0 Å². The van der Waals surface area contributed by atoms with E-state index < -0.39 is 18.2 Å². The topological polar surface area (TPSA) is 89.8 Å². The van der Waals surface area contributed by atoms with Crippen LogP contribution in [0, 0.1) is 0 Å². The fourth-order valence-electron chi connectivity index (χ4n) is 5.24. The van der Waals surface area contributed by atoms with Crippen LogP contribution in [0.3, 0.4) is 0 Å². The predicted molar refractivity (Wildman–Crippen MR) is 176 cm³/mol. The number of rotatable bonds is 31. The molecule has 3 unspecified atom stereocenters. The van der Waals surface area contributed by atoms with Crippen molar-refractivity contribution in [2.24, 2.45) is 0 Å². The van der Waals surface area contributed by atoms with E-state index in [-0.39, 0.29) is 18.9 Å². The van der Waals surface area contributed by atoms with E-state index in [0.717, 1.165) is 32.1 Å². The van der Waals surface area contributed by atoms with Crippen molar-refractivity contribution >= 4 is 5.91 Å². The van der Waals surface area contributed by atoms with Crippen LogP contribution in [0.25, 0.3) is 0 Å². The monoisotopic (exact) mass is 580 g/mol. The molecule has 5 nitrogen and oxygen atoms in total. The lowest BCUT2D eigenvalue weighted by Gasteiger charge is -2.21. The Hall–Kier alpha value is -1.17. The van der Waals surface area contributed by atoms with Gasteiger partial charge in [0, 0.05) is 0 Å². The van der Waals surface area contributed by atoms with Gasteiger partial charge in [-0.15, -0.1) is 0 Å². The molecule has 0 rings (SSSR count). The molecule has 0 radical (unpaired) electrons. The van der Waals surface area contributed by atoms with Crippen LogP contribution in [0.1, 0.15) is 174 Å². The predicted octanol–water partition coefficient (Wildman–Crippen LogP) is 9.09. The van der Waals surface area contributed by atoms with Crippen LogP contribution in [0.15, 0.2) is 24.3 Å². The molecule has 0 bridgehead atoms. The number of aliphatic hydroxyl groups excluding tert-OH is 3. The highest BCUT2D eigenvalue weighted by Crippen LogP contribution is 2.14. The van der Waals surface area contributed by atoms with Crippen molar-refractivity contribution in [2.75, 3.05) is 6.61 Å². The molecule has 0 aliphatic heterocycles. The minimum Gasteiger partial charge on any atom is -0.394 e. The smallest absolute Gasteiger partial charge is 0.222 e. The molecule has 0 aromatic rings. The van der Waals surface area contributed by atoms with Crippen molar-refractivity contribution in [2.45, 2.75) is 193 Å². The number of nitrogens with one attached hydrogen (secondary N) is 1. The highest BCUT2D eigenvalue weighted by Gasteiger charge is 2.20. The fraction of sp³-hybridized carbons (Fsp3) is 0.861. The van der Waals surface area contributed by atoms with Gasteiger partial charge in [-0.2, -0.15) is 0 Å². The average molecular weight is 580 g/mol. The molecule has 0 saturated heterocycles. The Balaban J connectivity index is 3.80. The molecule has 0 aromatic carbocycles. The van der Waals surface area contributed by atoms with E-state index in [2.05, 4.69) is 31.3 Å². The van der Waals surface area contributed by atoms with Gasteiger partial charge in [-0.05, 0) is 32.1 Å².